The molecular weight excluding hydrogens is 535 g/mol. The molecule has 6 heteroatoms. The molecule has 1 aliphatic rings. The van der Waals surface area contributed by atoms with Gasteiger partial charge < -0.3 is 19.2 Å². The zero-order valence-corrected chi connectivity index (χ0v) is 26.6. The lowest BCUT2D eigenvalue weighted by Gasteiger charge is -2.43. The number of hydrogen-bond acceptors (Lipinski definition) is 4. The number of para-hydroxylation sites is 1. The summed E-state index contributed by atoms with van der Waals surface area (Å²) in [5, 5.41) is 23.1. The Morgan fingerprint density at radius 1 is 0.976 bits per heavy atom. The van der Waals surface area contributed by atoms with Crippen molar-refractivity contribution in [3.05, 3.63) is 120 Å². The molecule has 42 heavy (non-hydrogen) atoms. The number of allylic oxidation sites excluding steroid dienone is 2. The highest BCUT2D eigenvalue weighted by molar-refractivity contribution is 6.99. The van der Waals surface area contributed by atoms with Crippen molar-refractivity contribution in [2.45, 2.75) is 70.8 Å². The van der Waals surface area contributed by atoms with Crippen LogP contribution in [0, 0.1) is 0 Å². The van der Waals surface area contributed by atoms with Crippen LogP contribution in [0.2, 0.25) is 11.4 Å². The third-order valence-corrected chi connectivity index (χ3v) is 13.1. The third kappa shape index (κ3) is 7.42. The Morgan fingerprint density at radius 3 is 2.14 bits per heavy atom. The zero-order valence-electron chi connectivity index (χ0n) is 25.6. The smallest absolute Gasteiger partial charge is 0.458 e. The average Bonchev–Trinajstić information content (AvgIpc) is 2.98. The Balaban J connectivity index is 1.58. The molecular formula is C36H45BO4Si. The predicted octanol–water partition coefficient (Wildman–Crippen LogP) is 7.29. The first kappa shape index (κ1) is 31.8. The molecule has 0 radical (unpaired) electrons. The molecule has 0 fully saturated rings. The van der Waals surface area contributed by atoms with Gasteiger partial charge in [0.2, 0.25) is 0 Å². The summed E-state index contributed by atoms with van der Waals surface area (Å²) in [4.78, 5) is 0. The first-order valence-electron chi connectivity index (χ1n) is 15.1. The Hall–Kier alpha value is -3.16. The molecule has 1 unspecified atom stereocenters. The fourth-order valence-electron chi connectivity index (χ4n) is 6.05. The van der Waals surface area contributed by atoms with Gasteiger partial charge in [-0.2, -0.15) is 0 Å². The van der Waals surface area contributed by atoms with Crippen molar-refractivity contribution in [2.75, 3.05) is 6.61 Å². The summed E-state index contributed by atoms with van der Waals surface area (Å²) >= 11 is 0. The van der Waals surface area contributed by atoms with E-state index in [0.717, 1.165) is 36.0 Å². The van der Waals surface area contributed by atoms with E-state index < -0.39 is 15.4 Å². The van der Waals surface area contributed by atoms with Gasteiger partial charge in [-0.05, 0) is 51.9 Å². The summed E-state index contributed by atoms with van der Waals surface area (Å²) in [7, 11) is -3.55. The van der Waals surface area contributed by atoms with Crippen molar-refractivity contribution in [3.8, 4) is 5.75 Å². The van der Waals surface area contributed by atoms with E-state index in [9.17, 15) is 10.1 Å². The molecule has 0 saturated carbocycles. The molecule has 2 N–H and O–H groups in total. The summed E-state index contributed by atoms with van der Waals surface area (Å²) in [5.74, 6) is 0.282. The molecule has 4 nitrogen and oxygen atoms in total. The SMILES string of the molecule is C=C(CO[Si](c1ccccc1)(c1ccccc1)C(C)(C)C)C1=CCB(O)OC1CC/C(=C/c1ccccc1O)CCC. The lowest BCUT2D eigenvalue weighted by atomic mass is 9.78. The Bertz CT molecular complexity index is 1340. The van der Waals surface area contributed by atoms with E-state index in [4.69, 9.17) is 9.08 Å². The standard InChI is InChI=1S/C36H45BO4Si/c1-6-15-29(26-30-16-13-14-21-34(30)38)22-23-35-33(24-25-37(39)41-35)28(2)27-40-42(36(3,4)5,31-17-9-7-10-18-31)32-19-11-8-12-20-32/h7-14,16-21,24,26,35,38-39H,2,6,15,22-23,25,27H2,1,3-5H3/b29-26+. The summed E-state index contributed by atoms with van der Waals surface area (Å²) in [5.41, 5.74) is 3.97. The van der Waals surface area contributed by atoms with E-state index in [1.807, 2.05) is 18.2 Å². The van der Waals surface area contributed by atoms with Crippen LogP contribution >= 0.6 is 0 Å². The van der Waals surface area contributed by atoms with Crippen LogP contribution in [0.5, 0.6) is 5.75 Å². The quantitative estimate of drug-likeness (QED) is 0.221. The van der Waals surface area contributed by atoms with E-state index in [-0.39, 0.29) is 16.9 Å². The maximum atomic E-state index is 10.4. The van der Waals surface area contributed by atoms with Crippen molar-refractivity contribution in [1.29, 1.82) is 0 Å². The molecule has 0 amide bonds. The van der Waals surface area contributed by atoms with Gasteiger partial charge in [0.15, 0.2) is 0 Å². The molecule has 3 aromatic rings. The molecule has 0 bridgehead atoms. The highest BCUT2D eigenvalue weighted by Gasteiger charge is 2.50. The van der Waals surface area contributed by atoms with Gasteiger partial charge >= 0.3 is 7.12 Å². The molecule has 1 aliphatic heterocycles. The van der Waals surface area contributed by atoms with E-state index in [0.29, 0.717) is 19.3 Å². The second-order valence-corrected chi connectivity index (χ2v) is 16.5. The third-order valence-electron chi connectivity index (χ3n) is 8.09. The number of aromatic hydroxyl groups is 1. The van der Waals surface area contributed by atoms with Crippen molar-refractivity contribution >= 4 is 31.9 Å². The van der Waals surface area contributed by atoms with Gasteiger partial charge in [-0.1, -0.05) is 137 Å². The fourth-order valence-corrected chi connectivity index (χ4v) is 10.6. The van der Waals surface area contributed by atoms with Crippen LogP contribution in [0.4, 0.5) is 0 Å². The van der Waals surface area contributed by atoms with Gasteiger partial charge in [0.25, 0.3) is 8.32 Å². The molecule has 220 valence electrons. The minimum absolute atomic E-state index is 0.133. The second-order valence-electron chi connectivity index (χ2n) is 12.2. The van der Waals surface area contributed by atoms with Crippen LogP contribution in [-0.2, 0) is 9.08 Å². The minimum atomic E-state index is -2.72. The van der Waals surface area contributed by atoms with Gasteiger partial charge in [0.1, 0.15) is 5.75 Å². The second kappa shape index (κ2) is 14.3. The monoisotopic (exact) mass is 580 g/mol. The molecule has 0 spiro atoms. The summed E-state index contributed by atoms with van der Waals surface area (Å²) < 4.78 is 13.3. The summed E-state index contributed by atoms with van der Waals surface area (Å²) in [6.45, 7) is 13.9. The van der Waals surface area contributed by atoms with Gasteiger partial charge in [-0.15, -0.1) is 0 Å². The van der Waals surface area contributed by atoms with E-state index in [2.05, 4.69) is 107 Å². The molecule has 4 rings (SSSR count). The number of rotatable bonds is 12. The fraction of sp³-hybridized carbons (Fsp3) is 0.333. The van der Waals surface area contributed by atoms with Crippen LogP contribution in [-0.4, -0.2) is 38.3 Å². The number of phenols is 1. The van der Waals surface area contributed by atoms with Crippen LogP contribution in [0.15, 0.2) is 114 Å². The topological polar surface area (TPSA) is 58.9 Å². The highest BCUT2D eigenvalue weighted by atomic mass is 28.4. The van der Waals surface area contributed by atoms with Crippen LogP contribution in [0.1, 0.15) is 58.9 Å². The summed E-state index contributed by atoms with van der Waals surface area (Å²) in [6.07, 6.45) is 7.74. The van der Waals surface area contributed by atoms with Gasteiger partial charge in [-0.3, -0.25) is 0 Å². The van der Waals surface area contributed by atoms with E-state index in [1.165, 1.54) is 15.9 Å². The number of phenolic OH excluding ortho intramolecular Hbond substituents is 1. The number of benzene rings is 3. The molecule has 1 heterocycles. The summed E-state index contributed by atoms with van der Waals surface area (Å²) in [6, 6.07) is 28.7. The Labute approximate surface area is 253 Å². The lowest BCUT2D eigenvalue weighted by Crippen LogP contribution is -2.66. The molecule has 0 aromatic heterocycles. The molecule has 3 aromatic carbocycles. The number of hydrogen-bond donors (Lipinski definition) is 2. The Kier molecular flexibility index (Phi) is 10.8. The van der Waals surface area contributed by atoms with Crippen molar-refractivity contribution < 1.29 is 19.2 Å². The first-order valence-corrected chi connectivity index (χ1v) is 17.0. The van der Waals surface area contributed by atoms with Crippen LogP contribution in [0.3, 0.4) is 0 Å². The van der Waals surface area contributed by atoms with Gasteiger partial charge in [-0.25, -0.2) is 0 Å². The van der Waals surface area contributed by atoms with Crippen LogP contribution in [0.25, 0.3) is 6.08 Å². The van der Waals surface area contributed by atoms with Gasteiger partial charge in [0.05, 0.1) is 12.7 Å². The minimum Gasteiger partial charge on any atom is -0.507 e. The van der Waals surface area contributed by atoms with Crippen LogP contribution < -0.4 is 10.4 Å². The average molecular weight is 581 g/mol. The normalized spacial score (nSPS) is 16.3. The van der Waals surface area contributed by atoms with E-state index in [1.54, 1.807) is 6.07 Å². The lowest BCUT2D eigenvalue weighted by molar-refractivity contribution is 0.180. The van der Waals surface area contributed by atoms with Crippen molar-refractivity contribution in [3.63, 3.8) is 0 Å². The molecule has 0 aliphatic carbocycles. The van der Waals surface area contributed by atoms with E-state index >= 15 is 0 Å². The maximum absolute atomic E-state index is 10.4. The van der Waals surface area contributed by atoms with Crippen molar-refractivity contribution in [1.82, 2.24) is 0 Å². The molecule has 1 atom stereocenters. The maximum Gasteiger partial charge on any atom is 0.458 e. The predicted molar refractivity (Wildman–Crippen MR) is 179 cm³/mol. The van der Waals surface area contributed by atoms with Crippen molar-refractivity contribution in [2.24, 2.45) is 0 Å². The molecule has 0 saturated heterocycles. The first-order chi connectivity index (χ1) is 20.2. The van der Waals surface area contributed by atoms with Gasteiger partial charge in [0, 0.05) is 11.9 Å². The Morgan fingerprint density at radius 2 is 1.57 bits per heavy atom. The largest absolute Gasteiger partial charge is 0.507 e. The zero-order chi connectivity index (χ0) is 30.2. The highest BCUT2D eigenvalue weighted by Crippen LogP contribution is 2.38.